The van der Waals surface area contributed by atoms with Crippen molar-refractivity contribution in [3.8, 4) is 0 Å². The lowest BCUT2D eigenvalue weighted by molar-refractivity contribution is -0.137. The molecule has 0 atom stereocenters. The lowest BCUT2D eigenvalue weighted by Crippen LogP contribution is -2.30. The molecule has 0 radical (unpaired) electrons. The van der Waals surface area contributed by atoms with E-state index in [4.69, 9.17) is 5.11 Å². The van der Waals surface area contributed by atoms with Crippen LogP contribution in [0.3, 0.4) is 0 Å². The lowest BCUT2D eigenvalue weighted by Gasteiger charge is -2.01. The molecule has 1 aromatic carbocycles. The summed E-state index contributed by atoms with van der Waals surface area (Å²) < 4.78 is 13.6. The average molecular weight is 250 g/mol. The Bertz CT molecular complexity index is 606. The van der Waals surface area contributed by atoms with Crippen molar-refractivity contribution in [2.45, 2.75) is 6.42 Å². The molecule has 0 bridgehead atoms. The van der Waals surface area contributed by atoms with Crippen LogP contribution < -0.4 is 5.32 Å². The molecule has 0 unspecified atom stereocenters. The molecule has 0 aliphatic carbocycles. The number of nitrogens with one attached hydrogen (secondary N) is 2. The Hall–Kier alpha value is -2.37. The van der Waals surface area contributed by atoms with Crippen LogP contribution in [0.4, 0.5) is 4.39 Å². The molecule has 2 aromatic rings. The molecule has 6 heteroatoms. The third kappa shape index (κ3) is 2.48. The van der Waals surface area contributed by atoms with Crippen molar-refractivity contribution in [2.24, 2.45) is 0 Å². The fraction of sp³-hybridized carbons (Fsp3) is 0.167. The van der Waals surface area contributed by atoms with Gasteiger partial charge >= 0.3 is 5.97 Å². The molecule has 18 heavy (non-hydrogen) atoms. The van der Waals surface area contributed by atoms with Gasteiger partial charge in [-0.25, -0.2) is 4.39 Å². The van der Waals surface area contributed by atoms with Crippen molar-refractivity contribution >= 4 is 22.8 Å². The summed E-state index contributed by atoms with van der Waals surface area (Å²) >= 11 is 0. The van der Waals surface area contributed by atoms with E-state index >= 15 is 0 Å². The summed E-state index contributed by atoms with van der Waals surface area (Å²) in [5.74, 6) is -1.98. The Morgan fingerprint density at radius 2 is 2.17 bits per heavy atom. The number of aliphatic carboxylic acids is 1. The van der Waals surface area contributed by atoms with E-state index in [2.05, 4.69) is 10.3 Å². The maximum absolute atomic E-state index is 13.6. The molecular weight excluding hydrogens is 239 g/mol. The predicted octanol–water partition coefficient (Wildman–Crippen LogP) is 1.05. The van der Waals surface area contributed by atoms with Crippen LogP contribution in [0.1, 0.15) is 5.56 Å². The minimum Gasteiger partial charge on any atom is -0.480 e. The van der Waals surface area contributed by atoms with Crippen LogP contribution in [-0.4, -0.2) is 28.5 Å². The number of aromatic amines is 1. The molecule has 0 fully saturated rings. The van der Waals surface area contributed by atoms with Gasteiger partial charge in [0.1, 0.15) is 12.4 Å². The molecule has 0 saturated carbocycles. The van der Waals surface area contributed by atoms with Gasteiger partial charge in [-0.15, -0.1) is 0 Å². The number of benzene rings is 1. The second-order valence-corrected chi connectivity index (χ2v) is 3.82. The van der Waals surface area contributed by atoms with E-state index in [-0.39, 0.29) is 6.42 Å². The normalized spacial score (nSPS) is 10.5. The summed E-state index contributed by atoms with van der Waals surface area (Å²) in [5, 5.41) is 11.0. The highest BCUT2D eigenvalue weighted by Crippen LogP contribution is 2.21. The molecule has 2 rings (SSSR count). The molecule has 3 N–H and O–H groups in total. The van der Waals surface area contributed by atoms with Crippen molar-refractivity contribution in [3.05, 3.63) is 35.8 Å². The number of carbonyl (C=O) groups is 2. The summed E-state index contributed by atoms with van der Waals surface area (Å²) in [7, 11) is 0. The number of H-pyrrole nitrogens is 1. The Kier molecular flexibility index (Phi) is 3.27. The van der Waals surface area contributed by atoms with Crippen LogP contribution in [0, 0.1) is 5.82 Å². The van der Waals surface area contributed by atoms with Crippen LogP contribution in [0.15, 0.2) is 24.4 Å². The van der Waals surface area contributed by atoms with Crippen molar-refractivity contribution < 1.29 is 19.1 Å². The van der Waals surface area contributed by atoms with Gasteiger partial charge in [0.25, 0.3) is 0 Å². The molecule has 1 aromatic heterocycles. The molecule has 1 amide bonds. The topological polar surface area (TPSA) is 82.2 Å². The Morgan fingerprint density at radius 3 is 2.89 bits per heavy atom. The highest BCUT2D eigenvalue weighted by atomic mass is 19.1. The lowest BCUT2D eigenvalue weighted by atomic mass is 10.1. The van der Waals surface area contributed by atoms with Gasteiger partial charge in [-0.05, 0) is 17.7 Å². The zero-order chi connectivity index (χ0) is 13.1. The summed E-state index contributed by atoms with van der Waals surface area (Å²) in [6.07, 6.45) is 1.49. The van der Waals surface area contributed by atoms with E-state index in [1.165, 1.54) is 6.07 Å². The van der Waals surface area contributed by atoms with Crippen LogP contribution in [0.25, 0.3) is 10.9 Å². The van der Waals surface area contributed by atoms with Gasteiger partial charge < -0.3 is 15.4 Å². The number of hydrogen-bond acceptors (Lipinski definition) is 2. The van der Waals surface area contributed by atoms with Gasteiger partial charge in [0.2, 0.25) is 5.91 Å². The van der Waals surface area contributed by atoms with E-state index in [1.807, 2.05) is 0 Å². The highest BCUT2D eigenvalue weighted by molar-refractivity contribution is 5.90. The monoisotopic (exact) mass is 250 g/mol. The number of amides is 1. The number of fused-ring (bicyclic) bond motifs is 1. The molecule has 0 spiro atoms. The smallest absolute Gasteiger partial charge is 0.322 e. The van der Waals surface area contributed by atoms with Gasteiger partial charge in [-0.2, -0.15) is 0 Å². The Balaban J connectivity index is 2.17. The minimum atomic E-state index is -1.12. The first kappa shape index (κ1) is 12.1. The van der Waals surface area contributed by atoms with Crippen molar-refractivity contribution in [3.63, 3.8) is 0 Å². The van der Waals surface area contributed by atoms with E-state index in [1.54, 1.807) is 18.3 Å². The van der Waals surface area contributed by atoms with E-state index in [9.17, 15) is 14.0 Å². The Morgan fingerprint density at radius 1 is 1.39 bits per heavy atom. The number of carbonyl (C=O) groups excluding carboxylic acids is 1. The number of hydrogen-bond donors (Lipinski definition) is 3. The number of carboxylic acid groups (broad SMARTS) is 1. The zero-order valence-electron chi connectivity index (χ0n) is 9.37. The fourth-order valence-corrected chi connectivity index (χ4v) is 1.76. The number of halogens is 1. The first-order valence-corrected chi connectivity index (χ1v) is 5.31. The molecule has 0 saturated heterocycles. The standard InChI is InChI=1S/C12H11FN2O3/c13-8-2-1-3-9-12(8)7(5-14-9)4-10(16)15-6-11(17)18/h1-3,5,14H,4,6H2,(H,15,16)(H,17,18). The van der Waals surface area contributed by atoms with Gasteiger partial charge in [-0.1, -0.05) is 6.07 Å². The summed E-state index contributed by atoms with van der Waals surface area (Å²) in [5.41, 5.74) is 1.11. The fourth-order valence-electron chi connectivity index (χ4n) is 1.76. The van der Waals surface area contributed by atoms with Crippen LogP contribution in [-0.2, 0) is 16.0 Å². The van der Waals surface area contributed by atoms with Gasteiger partial charge in [0.05, 0.1) is 6.42 Å². The molecule has 0 aliphatic heterocycles. The summed E-state index contributed by atoms with van der Waals surface area (Å²) in [4.78, 5) is 24.6. The van der Waals surface area contributed by atoms with Crippen molar-refractivity contribution in [1.82, 2.24) is 10.3 Å². The largest absolute Gasteiger partial charge is 0.480 e. The summed E-state index contributed by atoms with van der Waals surface area (Å²) in [6.45, 7) is -0.441. The van der Waals surface area contributed by atoms with Crippen LogP contribution in [0.2, 0.25) is 0 Å². The first-order chi connectivity index (χ1) is 8.58. The third-order valence-electron chi connectivity index (χ3n) is 2.52. The molecule has 5 nitrogen and oxygen atoms in total. The van der Waals surface area contributed by atoms with Crippen LogP contribution in [0.5, 0.6) is 0 Å². The number of carboxylic acids is 1. The zero-order valence-corrected chi connectivity index (χ0v) is 9.37. The molecule has 0 aliphatic rings. The van der Waals surface area contributed by atoms with Crippen LogP contribution >= 0.6 is 0 Å². The first-order valence-electron chi connectivity index (χ1n) is 5.31. The second-order valence-electron chi connectivity index (χ2n) is 3.82. The van der Waals surface area contributed by atoms with E-state index < -0.39 is 24.2 Å². The minimum absolute atomic E-state index is 0.0613. The third-order valence-corrected chi connectivity index (χ3v) is 2.52. The Labute approximate surface area is 102 Å². The second kappa shape index (κ2) is 4.87. The number of aromatic nitrogens is 1. The molecule has 94 valence electrons. The maximum Gasteiger partial charge on any atom is 0.322 e. The van der Waals surface area contributed by atoms with Gasteiger partial charge in [-0.3, -0.25) is 9.59 Å². The van der Waals surface area contributed by atoms with Gasteiger partial charge in [0.15, 0.2) is 0 Å². The van der Waals surface area contributed by atoms with Crippen molar-refractivity contribution in [1.29, 1.82) is 0 Å². The SMILES string of the molecule is O=C(O)CNC(=O)Cc1c[nH]c2cccc(F)c12. The van der Waals surface area contributed by atoms with Crippen molar-refractivity contribution in [2.75, 3.05) is 6.54 Å². The number of rotatable bonds is 4. The van der Waals surface area contributed by atoms with E-state index in [0.29, 0.717) is 16.5 Å². The molecular formula is C12H11FN2O3. The summed E-state index contributed by atoms with van der Waals surface area (Å²) in [6, 6.07) is 4.59. The molecule has 1 heterocycles. The maximum atomic E-state index is 13.6. The van der Waals surface area contributed by atoms with Gasteiger partial charge in [0, 0.05) is 17.1 Å². The van der Waals surface area contributed by atoms with E-state index in [0.717, 1.165) is 0 Å². The highest BCUT2D eigenvalue weighted by Gasteiger charge is 2.12. The average Bonchev–Trinajstić information content (AvgIpc) is 2.71. The predicted molar refractivity (Wildman–Crippen MR) is 62.6 cm³/mol. The quantitative estimate of drug-likeness (QED) is 0.758.